The van der Waals surface area contributed by atoms with Crippen molar-refractivity contribution in [2.75, 3.05) is 20.0 Å². The van der Waals surface area contributed by atoms with Crippen molar-refractivity contribution in [1.82, 2.24) is 0 Å². The quantitative estimate of drug-likeness (QED) is 0.238. The van der Waals surface area contributed by atoms with E-state index in [2.05, 4.69) is 62.9 Å². The normalized spacial score (nSPS) is 14.4. The molecule has 0 saturated heterocycles. The van der Waals surface area contributed by atoms with Crippen LogP contribution in [0.25, 0.3) is 6.08 Å². The van der Waals surface area contributed by atoms with Gasteiger partial charge in [-0.05, 0) is 41.9 Å². The number of fused-ring (bicyclic) bond motifs is 1. The van der Waals surface area contributed by atoms with Crippen LogP contribution in [0.3, 0.4) is 0 Å². The zero-order chi connectivity index (χ0) is 20.6. The van der Waals surface area contributed by atoms with Gasteiger partial charge < -0.3 is 14.2 Å². The third kappa shape index (κ3) is 9.01. The Morgan fingerprint density at radius 1 is 1.18 bits per heavy atom. The van der Waals surface area contributed by atoms with Crippen molar-refractivity contribution in [3.8, 4) is 0 Å². The van der Waals surface area contributed by atoms with Crippen molar-refractivity contribution in [3.63, 3.8) is 0 Å². The number of rotatable bonds is 12. The molecule has 1 aromatic rings. The summed E-state index contributed by atoms with van der Waals surface area (Å²) >= 11 is 0. The van der Waals surface area contributed by atoms with Gasteiger partial charge in [0, 0.05) is 0 Å². The van der Waals surface area contributed by atoms with Crippen molar-refractivity contribution in [3.05, 3.63) is 65.8 Å². The van der Waals surface area contributed by atoms with Crippen LogP contribution in [-0.4, -0.2) is 26.1 Å². The smallest absolute Gasteiger partial charge is 0.147 e. The fraction of sp³-hybridized carbons (Fsp3) is 0.520. The third-order valence-corrected chi connectivity index (χ3v) is 4.53. The second-order valence-electron chi connectivity index (χ2n) is 6.81. The fourth-order valence-electron chi connectivity index (χ4n) is 3.13. The van der Waals surface area contributed by atoms with Crippen molar-refractivity contribution in [2.45, 2.75) is 59.7 Å². The second-order valence-corrected chi connectivity index (χ2v) is 6.81. The van der Waals surface area contributed by atoms with Gasteiger partial charge in [0.25, 0.3) is 0 Å². The van der Waals surface area contributed by atoms with Gasteiger partial charge in [0.05, 0.1) is 25.9 Å². The van der Waals surface area contributed by atoms with E-state index >= 15 is 0 Å². The minimum Gasteiger partial charge on any atom is -0.374 e. The van der Waals surface area contributed by atoms with Crippen LogP contribution in [0.15, 0.2) is 49.1 Å². The molecule has 0 spiro atoms. The van der Waals surface area contributed by atoms with E-state index in [4.69, 9.17) is 14.2 Å². The summed E-state index contributed by atoms with van der Waals surface area (Å²) < 4.78 is 17.0. The summed E-state index contributed by atoms with van der Waals surface area (Å²) in [6.07, 6.45) is 13.6. The van der Waals surface area contributed by atoms with E-state index in [1.54, 1.807) is 6.08 Å². The summed E-state index contributed by atoms with van der Waals surface area (Å²) in [5, 5.41) is 0. The van der Waals surface area contributed by atoms with Crippen molar-refractivity contribution in [2.24, 2.45) is 5.92 Å². The molecule has 1 aliphatic carbocycles. The topological polar surface area (TPSA) is 27.7 Å². The summed E-state index contributed by atoms with van der Waals surface area (Å²) in [5.41, 5.74) is 3.94. The number of benzene rings is 1. The third-order valence-electron chi connectivity index (χ3n) is 4.53. The summed E-state index contributed by atoms with van der Waals surface area (Å²) in [7, 11) is 0. The number of ether oxygens (including phenoxy) is 3. The average molecular weight is 387 g/mol. The van der Waals surface area contributed by atoms with Gasteiger partial charge in [-0.3, -0.25) is 0 Å². The molecule has 0 aromatic heterocycles. The lowest BCUT2D eigenvalue weighted by Gasteiger charge is -2.21. The first-order valence-electron chi connectivity index (χ1n) is 10.6. The van der Waals surface area contributed by atoms with E-state index in [0.717, 1.165) is 19.3 Å². The minimum absolute atomic E-state index is 0.242. The average Bonchev–Trinajstić information content (AvgIpc) is 2.98. The molecular formula is C25H38O3. The molecule has 28 heavy (non-hydrogen) atoms. The van der Waals surface area contributed by atoms with Gasteiger partial charge in [0.15, 0.2) is 0 Å². The summed E-state index contributed by atoms with van der Waals surface area (Å²) in [6.45, 7) is 14.2. The molecule has 0 bridgehead atoms. The summed E-state index contributed by atoms with van der Waals surface area (Å²) in [4.78, 5) is 0. The van der Waals surface area contributed by atoms with Crippen molar-refractivity contribution < 1.29 is 14.2 Å². The Hall–Kier alpha value is -1.68. The van der Waals surface area contributed by atoms with Gasteiger partial charge in [0.1, 0.15) is 6.79 Å². The highest BCUT2D eigenvalue weighted by Gasteiger charge is 2.14. The molecule has 156 valence electrons. The Balaban J connectivity index is 0.00000190. The van der Waals surface area contributed by atoms with Crippen LogP contribution < -0.4 is 0 Å². The van der Waals surface area contributed by atoms with E-state index in [0.29, 0.717) is 32.5 Å². The van der Waals surface area contributed by atoms with Gasteiger partial charge in [-0.1, -0.05) is 76.3 Å². The predicted octanol–water partition coefficient (Wildman–Crippen LogP) is 6.34. The molecule has 2 atom stereocenters. The Bertz CT molecular complexity index is 604. The monoisotopic (exact) mass is 386 g/mol. The molecule has 3 heteroatoms. The molecule has 2 rings (SSSR count). The van der Waals surface area contributed by atoms with Crippen LogP contribution in [0.4, 0.5) is 0 Å². The first kappa shape index (κ1) is 24.4. The van der Waals surface area contributed by atoms with Crippen molar-refractivity contribution >= 4 is 6.08 Å². The molecule has 0 N–H and O–H groups in total. The number of hydrogen-bond donors (Lipinski definition) is 0. The maximum atomic E-state index is 6.25. The van der Waals surface area contributed by atoms with Crippen LogP contribution in [-0.2, 0) is 27.2 Å². The molecular weight excluding hydrogens is 348 g/mol. The lowest BCUT2D eigenvalue weighted by Crippen LogP contribution is -2.19. The van der Waals surface area contributed by atoms with Crippen LogP contribution in [0.5, 0.6) is 0 Å². The molecule has 0 radical (unpaired) electrons. The number of hydrogen-bond acceptors (Lipinski definition) is 3. The molecule has 1 aromatic carbocycles. The number of allylic oxidation sites excluding steroid dienone is 3. The molecule has 0 unspecified atom stereocenters. The standard InChI is InChI=1S/C23H32O3.C2H6/c1-4-14-24-18-25-16-19(3)15-22(5-2)26-17-21-12-9-11-20-10-7-6-8-13-23(20)21;1-2/h4,6-9,11-13,19,22H,1,5,10,14-18H2,2-3H3;1-2H3/t19-,22-;/m0./s1. The SMILES string of the molecule is C=CCOCOC[C@@H](C)C[C@H](CC)OCc1cccc2c1C=CC=CC2.CC. The second kappa shape index (κ2) is 15.3. The van der Waals surface area contributed by atoms with E-state index in [1.165, 1.54) is 16.7 Å². The van der Waals surface area contributed by atoms with E-state index in [9.17, 15) is 0 Å². The predicted molar refractivity (Wildman–Crippen MR) is 119 cm³/mol. The lowest BCUT2D eigenvalue weighted by atomic mass is 9.99. The fourth-order valence-corrected chi connectivity index (χ4v) is 3.13. The molecule has 0 saturated carbocycles. The highest BCUT2D eigenvalue weighted by molar-refractivity contribution is 5.61. The Kier molecular flexibility index (Phi) is 13.3. The van der Waals surface area contributed by atoms with E-state index in [-0.39, 0.29) is 6.10 Å². The van der Waals surface area contributed by atoms with E-state index < -0.39 is 0 Å². The minimum atomic E-state index is 0.242. The Morgan fingerprint density at radius 2 is 2.00 bits per heavy atom. The molecule has 3 nitrogen and oxygen atoms in total. The summed E-state index contributed by atoms with van der Waals surface area (Å²) in [5.74, 6) is 0.435. The zero-order valence-corrected chi connectivity index (χ0v) is 18.2. The van der Waals surface area contributed by atoms with E-state index in [1.807, 2.05) is 13.8 Å². The lowest BCUT2D eigenvalue weighted by molar-refractivity contribution is -0.0616. The molecule has 1 aliphatic rings. The van der Waals surface area contributed by atoms with Gasteiger partial charge in [-0.2, -0.15) is 0 Å². The molecule has 0 heterocycles. The van der Waals surface area contributed by atoms with Gasteiger partial charge in [0.2, 0.25) is 0 Å². The van der Waals surface area contributed by atoms with Crippen molar-refractivity contribution in [1.29, 1.82) is 0 Å². The Morgan fingerprint density at radius 3 is 2.75 bits per heavy atom. The van der Waals surface area contributed by atoms with Crippen LogP contribution >= 0.6 is 0 Å². The maximum absolute atomic E-state index is 6.25. The molecule has 0 aliphatic heterocycles. The van der Waals surface area contributed by atoms with Crippen LogP contribution in [0.1, 0.15) is 57.2 Å². The highest BCUT2D eigenvalue weighted by Crippen LogP contribution is 2.22. The zero-order valence-electron chi connectivity index (χ0n) is 18.2. The first-order chi connectivity index (χ1) is 13.7. The highest BCUT2D eigenvalue weighted by atomic mass is 16.7. The maximum Gasteiger partial charge on any atom is 0.147 e. The molecule has 0 fully saturated rings. The largest absolute Gasteiger partial charge is 0.374 e. The summed E-state index contributed by atoms with van der Waals surface area (Å²) in [6, 6.07) is 6.50. The van der Waals surface area contributed by atoms with Crippen LogP contribution in [0, 0.1) is 5.92 Å². The van der Waals surface area contributed by atoms with Gasteiger partial charge in [-0.15, -0.1) is 6.58 Å². The molecule has 0 amide bonds. The van der Waals surface area contributed by atoms with Crippen LogP contribution in [0.2, 0.25) is 0 Å². The first-order valence-corrected chi connectivity index (χ1v) is 10.6. The Labute approximate surface area is 172 Å². The van der Waals surface area contributed by atoms with Gasteiger partial charge >= 0.3 is 0 Å². The van der Waals surface area contributed by atoms with Gasteiger partial charge in [-0.25, -0.2) is 0 Å².